The highest BCUT2D eigenvalue weighted by Gasteiger charge is 2.65. The molecule has 14 nitrogen and oxygen atoms in total. The first-order chi connectivity index (χ1) is 28.6. The van der Waals surface area contributed by atoms with E-state index in [0.29, 0.717) is 32.0 Å². The minimum atomic E-state index is -1.85. The molecule has 6 rings (SSSR count). The molecular formula is C45H79N6O8+. The lowest BCUT2D eigenvalue weighted by Gasteiger charge is -2.49. The van der Waals surface area contributed by atoms with Gasteiger partial charge in [-0.2, -0.15) is 0 Å². The van der Waals surface area contributed by atoms with Crippen LogP contribution in [-0.4, -0.2) is 118 Å². The van der Waals surface area contributed by atoms with Gasteiger partial charge < -0.3 is 45.5 Å². The van der Waals surface area contributed by atoms with Crippen LogP contribution in [0, 0.1) is 5.92 Å². The van der Waals surface area contributed by atoms with E-state index in [4.69, 9.17) is 30.4 Å². The number of allylic oxidation sites excluding steroid dienone is 1. The van der Waals surface area contributed by atoms with Crippen LogP contribution in [0.2, 0.25) is 0 Å². The minimum absolute atomic E-state index is 0.0507. The normalized spacial score (nSPS) is 35.5. The molecule has 0 aromatic carbocycles. The molecule has 0 bridgehead atoms. The number of aliphatic hydroxyl groups is 2. The Kier molecular flexibility index (Phi) is 16.9. The zero-order valence-electron chi connectivity index (χ0n) is 36.4. The van der Waals surface area contributed by atoms with Gasteiger partial charge in [0, 0.05) is 32.2 Å². The first-order valence-electron chi connectivity index (χ1n) is 23.8. The molecule has 4 saturated heterocycles. The Morgan fingerprint density at radius 2 is 1.63 bits per heavy atom. The molecule has 0 radical (unpaired) electrons. The monoisotopic (exact) mass is 832 g/mol. The molecule has 0 aliphatic carbocycles. The maximum absolute atomic E-state index is 14.1. The van der Waals surface area contributed by atoms with Gasteiger partial charge >= 0.3 is 11.9 Å². The molecule has 0 aromatic heterocycles. The third kappa shape index (κ3) is 11.2. The van der Waals surface area contributed by atoms with Crippen molar-refractivity contribution >= 4 is 17.8 Å². The van der Waals surface area contributed by atoms with Crippen molar-refractivity contribution in [1.29, 1.82) is 0 Å². The number of nitrogens with one attached hydrogen (secondary N) is 2. The van der Waals surface area contributed by atoms with E-state index >= 15 is 0 Å². The van der Waals surface area contributed by atoms with Gasteiger partial charge in [-0.15, -0.1) is 0 Å². The van der Waals surface area contributed by atoms with Crippen LogP contribution in [0.1, 0.15) is 168 Å². The molecule has 6 heterocycles. The van der Waals surface area contributed by atoms with Crippen LogP contribution in [-0.2, 0) is 28.5 Å². The maximum Gasteiger partial charge on any atom is 0.350 e. The number of ether oxygens (including phenoxy) is 4. The van der Waals surface area contributed by atoms with Gasteiger partial charge in [0.15, 0.2) is 17.9 Å². The van der Waals surface area contributed by atoms with Crippen LogP contribution in [0.4, 0.5) is 0 Å². The Bertz CT molecular complexity index is 1430. The maximum atomic E-state index is 14.1. The number of unbranched alkanes of at least 4 members (excludes halogenated alkanes) is 11. The molecule has 10 atom stereocenters. The van der Waals surface area contributed by atoms with E-state index in [1.165, 1.54) is 37.0 Å². The van der Waals surface area contributed by atoms with Gasteiger partial charge in [-0.25, -0.2) is 10.6 Å². The smallest absolute Gasteiger partial charge is 0.350 e. The Labute approximate surface area is 353 Å². The van der Waals surface area contributed by atoms with Gasteiger partial charge in [0.2, 0.25) is 11.5 Å². The molecule has 59 heavy (non-hydrogen) atoms. The van der Waals surface area contributed by atoms with Crippen molar-refractivity contribution in [2.45, 2.75) is 222 Å². The molecule has 14 heteroatoms. The number of carbonyl (C=O) groups excluding carboxylic acids is 2. The van der Waals surface area contributed by atoms with Gasteiger partial charge in [0.05, 0.1) is 30.9 Å². The van der Waals surface area contributed by atoms with Crippen molar-refractivity contribution in [3.05, 3.63) is 12.2 Å². The largest absolute Gasteiger partial charge is 0.465 e. The van der Waals surface area contributed by atoms with Crippen LogP contribution in [0.15, 0.2) is 12.2 Å². The number of hydrogen-bond donors (Lipinski definition) is 6. The number of carbonyl (C=O) groups is 2. The fraction of sp³-hybridized carbons (Fsp3) is 0.889. The van der Waals surface area contributed by atoms with E-state index in [1.54, 1.807) is 0 Å². The molecule has 6 aliphatic heterocycles. The number of rotatable bonds is 23. The second kappa shape index (κ2) is 21.6. The quantitative estimate of drug-likeness (QED) is 0.0358. The number of morpholine rings is 1. The average Bonchev–Trinajstić information content (AvgIpc) is 3.81. The average molecular weight is 832 g/mol. The summed E-state index contributed by atoms with van der Waals surface area (Å²) in [7, 11) is 0. The molecule has 0 aromatic rings. The van der Waals surface area contributed by atoms with Crippen molar-refractivity contribution in [2.75, 3.05) is 26.2 Å². The van der Waals surface area contributed by atoms with Crippen LogP contribution in [0.3, 0.4) is 0 Å². The summed E-state index contributed by atoms with van der Waals surface area (Å²) in [5.74, 6) is -1.64. The Hall–Kier alpha value is -2.33. The summed E-state index contributed by atoms with van der Waals surface area (Å²) in [4.78, 5) is 28.3. The number of nitrogens with two attached hydrogens (primary N) is 2. The molecular weight excluding hydrogens is 753 g/mol. The molecule has 8 N–H and O–H groups in total. The lowest BCUT2D eigenvalue weighted by molar-refractivity contribution is -0.608. The summed E-state index contributed by atoms with van der Waals surface area (Å²) in [6.07, 6.45) is 25.4. The summed E-state index contributed by atoms with van der Waals surface area (Å²) in [6.45, 7) is 5.55. The van der Waals surface area contributed by atoms with Gasteiger partial charge in [0.1, 0.15) is 6.10 Å². The van der Waals surface area contributed by atoms with Gasteiger partial charge in [-0.05, 0) is 77.8 Å². The summed E-state index contributed by atoms with van der Waals surface area (Å²) in [5, 5.41) is 29.1. The van der Waals surface area contributed by atoms with Crippen LogP contribution in [0.25, 0.3) is 0 Å². The van der Waals surface area contributed by atoms with E-state index in [0.717, 1.165) is 109 Å². The van der Waals surface area contributed by atoms with E-state index in [-0.39, 0.29) is 61.3 Å². The summed E-state index contributed by atoms with van der Waals surface area (Å²) < 4.78 is 27.7. The lowest BCUT2D eigenvalue weighted by Crippen LogP contribution is -2.76. The fourth-order valence-corrected chi connectivity index (χ4v) is 10.9. The van der Waals surface area contributed by atoms with Crippen LogP contribution in [0.5, 0.6) is 0 Å². The molecule has 6 aliphatic rings. The first-order valence-corrected chi connectivity index (χ1v) is 23.8. The highest BCUT2D eigenvalue weighted by atomic mass is 16.7. The molecule has 0 unspecified atom stereocenters. The summed E-state index contributed by atoms with van der Waals surface area (Å²) >= 11 is 0. The Balaban J connectivity index is 0.848. The second-order valence-electron chi connectivity index (χ2n) is 18.5. The number of hydrogen-bond acceptors (Lipinski definition) is 12. The topological polar surface area (TPSA) is 194 Å². The third-order valence-electron chi connectivity index (χ3n) is 13.9. The molecule has 4 fully saturated rings. The Morgan fingerprint density at radius 3 is 2.31 bits per heavy atom. The van der Waals surface area contributed by atoms with E-state index in [9.17, 15) is 19.8 Å². The van der Waals surface area contributed by atoms with Crippen LogP contribution >= 0.6 is 0 Å². The number of amides is 1. The van der Waals surface area contributed by atoms with Crippen molar-refractivity contribution in [2.24, 2.45) is 17.4 Å². The molecule has 1 amide bonds. The number of guanidine groups is 1. The molecule has 2 spiro atoms. The second-order valence-corrected chi connectivity index (χ2v) is 18.5. The summed E-state index contributed by atoms with van der Waals surface area (Å²) in [6, 6.07) is 0.380. The predicted octanol–water partition coefficient (Wildman–Crippen LogP) is 4.77. The van der Waals surface area contributed by atoms with Gasteiger partial charge in [-0.3, -0.25) is 14.2 Å². The minimum Gasteiger partial charge on any atom is -0.465 e. The van der Waals surface area contributed by atoms with Crippen LogP contribution < -0.4 is 22.1 Å². The standard InChI is InChI=1S/C45H78N6O8/c1-3-4-20-35-24-26-43(58-35)32-34-22-23-36-38(44(25-17-19-33(2)57-44)49-42(48-43)51(34)36)40(53)56-31-16-14-12-10-8-6-5-7-9-11-13-15-21-37-39(52)50(30-18-28-46)41(54)45(55,59-37)27-29-47/h4,20,33-38,41,54-55H,3,5-19,21-32,46-47H2,1-2H3,(H,48,49)/p+1/b20-4+/t33-,34+,35+,36+,37-,38-,41-,43+,44-,45-/m0/s1. The number of esters is 1. The van der Waals surface area contributed by atoms with Crippen molar-refractivity contribution < 1.29 is 43.3 Å². The van der Waals surface area contributed by atoms with E-state index in [2.05, 4.69) is 41.2 Å². The number of aliphatic hydroxyl groups excluding tert-OH is 1. The number of nitrogens with zero attached hydrogens (tertiary/aromatic N) is 2. The van der Waals surface area contributed by atoms with Crippen molar-refractivity contribution in [3.8, 4) is 0 Å². The van der Waals surface area contributed by atoms with E-state index in [1.807, 2.05) is 0 Å². The zero-order chi connectivity index (χ0) is 41.9. The Morgan fingerprint density at radius 1 is 0.915 bits per heavy atom. The van der Waals surface area contributed by atoms with Crippen molar-refractivity contribution in [3.63, 3.8) is 0 Å². The predicted molar refractivity (Wildman–Crippen MR) is 226 cm³/mol. The molecule has 0 saturated carbocycles. The summed E-state index contributed by atoms with van der Waals surface area (Å²) in [5.41, 5.74) is 10.1. The third-order valence-corrected chi connectivity index (χ3v) is 13.9. The highest BCUT2D eigenvalue weighted by Crippen LogP contribution is 2.46. The lowest BCUT2D eigenvalue weighted by atomic mass is 9.80. The van der Waals surface area contributed by atoms with Gasteiger partial charge in [0.25, 0.3) is 5.91 Å². The van der Waals surface area contributed by atoms with Crippen molar-refractivity contribution in [1.82, 2.24) is 15.5 Å². The van der Waals surface area contributed by atoms with Gasteiger partial charge in [-0.1, -0.05) is 89.7 Å². The SMILES string of the molecule is CC/C=C/[C@@H]1CC[C@]2(C[C@H]3CC[C@@H]4[C@@H](C(=O)OCCCCCCCCCCCCCC[C@@H]5O[C@@](O)(CCN)[C@H](O)N(CCCN)C5=O)[C@@]5(CCC[C@H](C)O5)NC(=[N+]34)N2)O1. The van der Waals surface area contributed by atoms with E-state index < -0.39 is 23.8 Å². The highest BCUT2D eigenvalue weighted by molar-refractivity contribution is 5.82. The zero-order valence-corrected chi connectivity index (χ0v) is 36.4. The fourth-order valence-electron chi connectivity index (χ4n) is 10.9. The molecule has 336 valence electrons. The first kappa shape index (κ1) is 46.2.